The van der Waals surface area contributed by atoms with Gasteiger partial charge >= 0.3 is 0 Å². The van der Waals surface area contributed by atoms with Gasteiger partial charge in [0, 0.05) is 31.2 Å². The van der Waals surface area contributed by atoms with Crippen molar-refractivity contribution in [3.63, 3.8) is 0 Å². The van der Waals surface area contributed by atoms with Gasteiger partial charge in [-0.3, -0.25) is 4.79 Å². The summed E-state index contributed by atoms with van der Waals surface area (Å²) in [5.41, 5.74) is 6.02. The van der Waals surface area contributed by atoms with Crippen molar-refractivity contribution >= 4 is 28.3 Å². The number of amides is 1. The molecule has 2 rings (SSSR count). The van der Waals surface area contributed by atoms with E-state index in [1.54, 1.807) is 6.07 Å². The molecule has 0 saturated carbocycles. The quantitative estimate of drug-likeness (QED) is 0.671. The summed E-state index contributed by atoms with van der Waals surface area (Å²) in [7, 11) is -2.27. The van der Waals surface area contributed by atoms with E-state index < -0.39 is 10.0 Å². The first-order chi connectivity index (χ1) is 12.3. The Hall–Kier alpha value is -1.35. The molecule has 1 aliphatic rings. The van der Waals surface area contributed by atoms with Crippen LogP contribution in [0.15, 0.2) is 23.1 Å². The molecule has 1 amide bonds. The van der Waals surface area contributed by atoms with E-state index in [2.05, 4.69) is 19.2 Å². The van der Waals surface area contributed by atoms with E-state index in [0.717, 1.165) is 19.3 Å². The minimum atomic E-state index is -3.69. The van der Waals surface area contributed by atoms with E-state index in [9.17, 15) is 13.2 Å². The van der Waals surface area contributed by atoms with Crippen molar-refractivity contribution in [2.24, 2.45) is 11.7 Å². The van der Waals surface area contributed by atoms with Crippen molar-refractivity contribution in [2.45, 2.75) is 44.0 Å². The maximum atomic E-state index is 12.9. The number of halogens is 1. The number of hydrogen-bond donors (Lipinski definition) is 2. The SMILES string of the molecule is COc1ccc(C(=O)NC(CN)CC(C)C)cc1S(=O)(=O)N1CCCC1.Cl. The van der Waals surface area contributed by atoms with Gasteiger partial charge < -0.3 is 15.8 Å². The molecule has 0 bridgehead atoms. The number of nitrogens with one attached hydrogen (secondary N) is 1. The van der Waals surface area contributed by atoms with Crippen LogP contribution in [0.4, 0.5) is 0 Å². The monoisotopic (exact) mass is 419 g/mol. The fourth-order valence-electron chi connectivity index (χ4n) is 3.14. The molecule has 1 unspecified atom stereocenters. The van der Waals surface area contributed by atoms with Crippen LogP contribution in [0, 0.1) is 5.92 Å². The molecule has 1 aliphatic heterocycles. The second kappa shape index (κ2) is 10.3. The molecule has 1 aromatic carbocycles. The first-order valence-electron chi connectivity index (χ1n) is 8.98. The second-order valence-corrected chi connectivity index (χ2v) is 8.92. The van der Waals surface area contributed by atoms with Crippen LogP contribution in [0.25, 0.3) is 0 Å². The molecule has 1 aromatic rings. The number of methoxy groups -OCH3 is 1. The third-order valence-electron chi connectivity index (χ3n) is 4.48. The van der Waals surface area contributed by atoms with Crippen LogP contribution in [0.3, 0.4) is 0 Å². The number of carbonyl (C=O) groups is 1. The number of nitrogens with two attached hydrogens (primary N) is 1. The Morgan fingerprint density at radius 2 is 1.93 bits per heavy atom. The summed E-state index contributed by atoms with van der Waals surface area (Å²) in [4.78, 5) is 12.6. The van der Waals surface area contributed by atoms with Crippen LogP contribution in [-0.4, -0.2) is 51.4 Å². The number of sulfonamides is 1. The van der Waals surface area contributed by atoms with Crippen LogP contribution < -0.4 is 15.8 Å². The first-order valence-corrected chi connectivity index (χ1v) is 10.4. The van der Waals surface area contributed by atoms with E-state index in [1.807, 2.05) is 0 Å². The number of ether oxygens (including phenoxy) is 1. The molecule has 0 radical (unpaired) electrons. The standard InChI is InChI=1S/C18H29N3O4S.ClH/c1-13(2)10-15(12-19)20-18(22)14-6-7-16(25-3)17(11-14)26(23,24)21-8-4-5-9-21;/h6-7,11,13,15H,4-5,8-10,12,19H2,1-3H3,(H,20,22);1H. The van der Waals surface area contributed by atoms with Crippen molar-refractivity contribution in [1.82, 2.24) is 9.62 Å². The number of carbonyl (C=O) groups excluding carboxylic acids is 1. The molecule has 3 N–H and O–H groups in total. The third-order valence-corrected chi connectivity index (χ3v) is 6.40. The number of hydrogen-bond acceptors (Lipinski definition) is 5. The average molecular weight is 420 g/mol. The molecule has 1 saturated heterocycles. The largest absolute Gasteiger partial charge is 0.495 e. The zero-order valence-corrected chi connectivity index (χ0v) is 17.7. The Balaban J connectivity index is 0.00000364. The Labute approximate surface area is 168 Å². The van der Waals surface area contributed by atoms with Gasteiger partial charge in [-0.25, -0.2) is 8.42 Å². The smallest absolute Gasteiger partial charge is 0.251 e. The fourth-order valence-corrected chi connectivity index (χ4v) is 4.84. The minimum absolute atomic E-state index is 0. The topological polar surface area (TPSA) is 102 Å². The van der Waals surface area contributed by atoms with Gasteiger partial charge in [0.25, 0.3) is 5.91 Å². The minimum Gasteiger partial charge on any atom is -0.495 e. The lowest BCUT2D eigenvalue weighted by atomic mass is 10.0. The van der Waals surface area contributed by atoms with Crippen LogP contribution >= 0.6 is 12.4 Å². The van der Waals surface area contributed by atoms with Gasteiger partial charge in [-0.1, -0.05) is 13.8 Å². The summed E-state index contributed by atoms with van der Waals surface area (Å²) < 4.78 is 32.5. The molecule has 27 heavy (non-hydrogen) atoms. The second-order valence-electron chi connectivity index (χ2n) is 7.01. The molecule has 0 spiro atoms. The zero-order valence-electron chi connectivity index (χ0n) is 16.1. The Kier molecular flexibility index (Phi) is 9.01. The highest BCUT2D eigenvalue weighted by Crippen LogP contribution is 2.29. The van der Waals surface area contributed by atoms with Crippen LogP contribution in [-0.2, 0) is 10.0 Å². The number of rotatable bonds is 8. The normalized spacial score (nSPS) is 16.0. The molecule has 0 aliphatic carbocycles. The van der Waals surface area contributed by atoms with E-state index in [4.69, 9.17) is 10.5 Å². The predicted octanol–water partition coefficient (Wildman–Crippen LogP) is 2.00. The fraction of sp³-hybridized carbons (Fsp3) is 0.611. The van der Waals surface area contributed by atoms with Gasteiger partial charge in [-0.2, -0.15) is 4.31 Å². The molecular formula is C18H30ClN3O4S. The Morgan fingerprint density at radius 3 is 2.44 bits per heavy atom. The molecular weight excluding hydrogens is 390 g/mol. The molecule has 1 fully saturated rings. The average Bonchev–Trinajstić information content (AvgIpc) is 3.15. The van der Waals surface area contributed by atoms with Crippen molar-refractivity contribution < 1.29 is 17.9 Å². The summed E-state index contributed by atoms with van der Waals surface area (Å²) in [5, 5.41) is 2.89. The molecule has 0 aromatic heterocycles. The highest BCUT2D eigenvalue weighted by molar-refractivity contribution is 7.89. The van der Waals surface area contributed by atoms with E-state index in [1.165, 1.54) is 23.5 Å². The van der Waals surface area contributed by atoms with Gasteiger partial charge in [0.05, 0.1) is 7.11 Å². The van der Waals surface area contributed by atoms with Gasteiger partial charge in [0.2, 0.25) is 10.0 Å². The van der Waals surface area contributed by atoms with Gasteiger partial charge in [-0.15, -0.1) is 12.4 Å². The molecule has 9 heteroatoms. The zero-order chi connectivity index (χ0) is 19.3. The summed E-state index contributed by atoms with van der Waals surface area (Å²) in [5.74, 6) is 0.304. The van der Waals surface area contributed by atoms with Crippen molar-refractivity contribution in [3.8, 4) is 5.75 Å². The lowest BCUT2D eigenvalue weighted by Crippen LogP contribution is -2.41. The molecule has 1 atom stereocenters. The lowest BCUT2D eigenvalue weighted by molar-refractivity contribution is 0.0933. The van der Waals surface area contributed by atoms with Crippen molar-refractivity contribution in [2.75, 3.05) is 26.7 Å². The van der Waals surface area contributed by atoms with Gasteiger partial charge in [0.15, 0.2) is 0 Å². The maximum absolute atomic E-state index is 12.9. The van der Waals surface area contributed by atoms with Crippen LogP contribution in [0.5, 0.6) is 5.75 Å². The highest BCUT2D eigenvalue weighted by Gasteiger charge is 2.30. The summed E-state index contributed by atoms with van der Waals surface area (Å²) in [6.07, 6.45) is 2.45. The third kappa shape index (κ3) is 5.81. The van der Waals surface area contributed by atoms with Crippen LogP contribution in [0.1, 0.15) is 43.5 Å². The highest BCUT2D eigenvalue weighted by atomic mass is 35.5. The van der Waals surface area contributed by atoms with Crippen molar-refractivity contribution in [3.05, 3.63) is 23.8 Å². The maximum Gasteiger partial charge on any atom is 0.251 e. The van der Waals surface area contributed by atoms with E-state index in [0.29, 0.717) is 25.6 Å². The first kappa shape index (κ1) is 23.7. The molecule has 7 nitrogen and oxygen atoms in total. The summed E-state index contributed by atoms with van der Waals surface area (Å²) in [6.45, 7) is 5.43. The van der Waals surface area contributed by atoms with E-state index in [-0.39, 0.29) is 40.6 Å². The Bertz CT molecular complexity index is 734. The predicted molar refractivity (Wildman–Crippen MR) is 108 cm³/mol. The van der Waals surface area contributed by atoms with Crippen molar-refractivity contribution in [1.29, 1.82) is 0 Å². The van der Waals surface area contributed by atoms with E-state index >= 15 is 0 Å². The van der Waals surface area contributed by atoms with Crippen LogP contribution in [0.2, 0.25) is 0 Å². The van der Waals surface area contributed by atoms with Gasteiger partial charge in [0.1, 0.15) is 10.6 Å². The lowest BCUT2D eigenvalue weighted by Gasteiger charge is -2.20. The summed E-state index contributed by atoms with van der Waals surface area (Å²) in [6, 6.07) is 4.34. The molecule has 1 heterocycles. The Morgan fingerprint density at radius 1 is 1.30 bits per heavy atom. The molecule has 154 valence electrons. The number of nitrogens with zero attached hydrogens (tertiary/aromatic N) is 1. The van der Waals surface area contributed by atoms with Gasteiger partial charge in [-0.05, 0) is 43.4 Å². The number of benzene rings is 1. The summed E-state index contributed by atoms with van der Waals surface area (Å²) >= 11 is 0.